The van der Waals surface area contributed by atoms with Gasteiger partial charge in [-0.1, -0.05) is 42.5 Å². The first-order valence-corrected chi connectivity index (χ1v) is 5.27. The third-order valence-electron chi connectivity index (χ3n) is 1.69. The van der Waals surface area contributed by atoms with Crippen molar-refractivity contribution in [3.8, 4) is 0 Å². The zero-order valence-electron chi connectivity index (χ0n) is 8.42. The average Bonchev–Trinajstić information content (AvgIpc) is 1.84. The number of aliphatic carboxylic acids is 1. The summed E-state index contributed by atoms with van der Waals surface area (Å²) in [6.45, 7) is 4.02. The summed E-state index contributed by atoms with van der Waals surface area (Å²) in [5, 5.41) is 10.2. The second kappa shape index (κ2) is 10.3. The molecule has 0 saturated carbocycles. The number of hydrogen-bond donors (Lipinski definition) is 0. The van der Waals surface area contributed by atoms with E-state index in [9.17, 15) is 9.90 Å². The van der Waals surface area contributed by atoms with Gasteiger partial charge in [0.15, 0.2) is 0 Å². The first-order chi connectivity index (χ1) is 5.56. The van der Waals surface area contributed by atoms with E-state index in [1.54, 1.807) is 0 Å². The van der Waals surface area contributed by atoms with E-state index in [4.69, 9.17) is 0 Å². The van der Waals surface area contributed by atoms with Crippen molar-refractivity contribution >= 4 is 28.6 Å². The van der Waals surface area contributed by atoms with Crippen LogP contribution in [-0.4, -0.2) is 5.97 Å². The van der Waals surface area contributed by atoms with Crippen molar-refractivity contribution in [1.82, 2.24) is 0 Å². The maximum absolute atomic E-state index is 10.2. The number of allylic oxidation sites excluding steroid dienone is 1. The average molecular weight is 367 g/mol. The van der Waals surface area contributed by atoms with Crippen LogP contribution in [0, 0.1) is 11.8 Å². The van der Waals surface area contributed by atoms with Crippen molar-refractivity contribution in [2.45, 2.75) is 26.7 Å². The molecule has 2 nitrogen and oxygen atoms in total. The minimum Gasteiger partial charge on any atom is -0.550 e. The molecule has 0 saturated heterocycles. The molecule has 0 aromatic rings. The van der Waals surface area contributed by atoms with E-state index in [0.717, 1.165) is 6.42 Å². The molecule has 0 bridgehead atoms. The third-order valence-corrected chi connectivity index (χ3v) is 2.11. The molecule has 0 aromatic heterocycles. The number of rotatable bonds is 5. The molecular weight excluding hydrogens is 352 g/mol. The fraction of sp³-hybridized carbons (Fsp3) is 0.667. The zero-order chi connectivity index (χ0) is 9.56. The molecule has 0 fully saturated rings. The summed E-state index contributed by atoms with van der Waals surface area (Å²) >= 11 is 2.17. The minimum absolute atomic E-state index is 0. The maximum Gasteiger partial charge on any atom is 1.00 e. The fourth-order valence-electron chi connectivity index (χ4n) is 1.21. The molecule has 0 unspecified atom stereocenters. The van der Waals surface area contributed by atoms with Gasteiger partial charge in [0.1, 0.15) is 0 Å². The Labute approximate surface area is 142 Å². The van der Waals surface area contributed by atoms with Crippen molar-refractivity contribution < 1.29 is 68.1 Å². The van der Waals surface area contributed by atoms with E-state index in [-0.39, 0.29) is 70.5 Å². The molecular formula is C9H14IO2Rb. The monoisotopic (exact) mass is 366 g/mol. The van der Waals surface area contributed by atoms with E-state index in [0.29, 0.717) is 5.92 Å². The van der Waals surface area contributed by atoms with Gasteiger partial charge in [-0.15, -0.1) is 0 Å². The quantitative estimate of drug-likeness (QED) is 0.570. The van der Waals surface area contributed by atoms with E-state index in [1.807, 2.05) is 11.0 Å². The summed E-state index contributed by atoms with van der Waals surface area (Å²) in [6, 6.07) is 0. The Balaban J connectivity index is 0. The van der Waals surface area contributed by atoms with Gasteiger partial charge < -0.3 is 9.90 Å². The van der Waals surface area contributed by atoms with Gasteiger partial charge in [-0.05, 0) is 28.8 Å². The van der Waals surface area contributed by atoms with E-state index >= 15 is 0 Å². The normalized spacial score (nSPS) is 15.0. The van der Waals surface area contributed by atoms with Crippen molar-refractivity contribution in [2.24, 2.45) is 11.8 Å². The molecule has 0 aromatic carbocycles. The molecule has 0 heterocycles. The van der Waals surface area contributed by atoms with Gasteiger partial charge in [0, 0.05) is 5.97 Å². The van der Waals surface area contributed by atoms with Crippen LogP contribution in [0.3, 0.4) is 0 Å². The van der Waals surface area contributed by atoms with Crippen LogP contribution in [0.2, 0.25) is 0 Å². The zero-order valence-corrected chi connectivity index (χ0v) is 15.5. The molecule has 4 heteroatoms. The van der Waals surface area contributed by atoms with Crippen LogP contribution in [0.1, 0.15) is 26.7 Å². The van der Waals surface area contributed by atoms with Gasteiger partial charge in [0.2, 0.25) is 0 Å². The predicted octanol–water partition coefficient (Wildman–Crippen LogP) is -1.26. The Morgan fingerprint density at radius 3 is 2.46 bits per heavy atom. The number of carboxylic acid groups (broad SMARTS) is 1. The Morgan fingerprint density at radius 1 is 1.54 bits per heavy atom. The Morgan fingerprint density at radius 2 is 2.08 bits per heavy atom. The molecule has 0 aliphatic rings. The predicted molar refractivity (Wildman–Crippen MR) is 55.7 cm³/mol. The van der Waals surface area contributed by atoms with E-state index in [2.05, 4.69) is 35.6 Å². The summed E-state index contributed by atoms with van der Waals surface area (Å²) in [4.78, 5) is 10.2. The van der Waals surface area contributed by atoms with Crippen molar-refractivity contribution in [1.29, 1.82) is 0 Å². The second-order valence-electron chi connectivity index (χ2n) is 3.21. The van der Waals surface area contributed by atoms with Gasteiger partial charge in [-0.2, -0.15) is 0 Å². The number of carboxylic acids is 1. The van der Waals surface area contributed by atoms with E-state index < -0.39 is 5.97 Å². The molecule has 0 radical (unpaired) electrons. The van der Waals surface area contributed by atoms with Crippen LogP contribution in [0.5, 0.6) is 0 Å². The molecule has 0 amide bonds. The summed E-state index contributed by atoms with van der Waals surface area (Å²) in [5.41, 5.74) is 0. The molecule has 13 heavy (non-hydrogen) atoms. The standard InChI is InChI=1S/C9H15IO2.Rb/c1-7(3-4-10)5-8(2)6-9(11)12;/h3-4,7-8H,5-6H2,1-2H3,(H,11,12);/q;+1/p-1/b4-3+;/t7-,8-;/m1./s1. The molecule has 70 valence electrons. The third kappa shape index (κ3) is 11.7. The number of carbonyl (C=O) groups excluding carboxylic acids is 1. The molecule has 2 atom stereocenters. The maximum atomic E-state index is 10.2. The van der Waals surface area contributed by atoms with Crippen molar-refractivity contribution in [3.63, 3.8) is 0 Å². The van der Waals surface area contributed by atoms with Gasteiger partial charge in [-0.3, -0.25) is 0 Å². The molecule has 0 rings (SSSR count). The Kier molecular flexibility index (Phi) is 13.5. The molecule has 0 N–H and O–H groups in total. The number of halogens is 1. The molecule has 0 aliphatic heterocycles. The SMILES string of the molecule is C[C@@H](CC(=O)[O-])C[C@H](C)/C=C/I.[Rb+]. The largest absolute Gasteiger partial charge is 1.00 e. The summed E-state index contributed by atoms with van der Waals surface area (Å²) in [6.07, 6.45) is 3.15. The first kappa shape index (κ1) is 17.1. The van der Waals surface area contributed by atoms with Crippen LogP contribution < -0.4 is 63.3 Å². The Bertz CT molecular complexity index is 171. The minimum atomic E-state index is -0.951. The smallest absolute Gasteiger partial charge is 0.550 e. The van der Waals surface area contributed by atoms with Crippen LogP contribution in [0.15, 0.2) is 10.2 Å². The van der Waals surface area contributed by atoms with Crippen LogP contribution in [-0.2, 0) is 4.79 Å². The van der Waals surface area contributed by atoms with Crippen molar-refractivity contribution in [3.05, 3.63) is 10.2 Å². The summed E-state index contributed by atoms with van der Waals surface area (Å²) in [5.74, 6) is -0.290. The van der Waals surface area contributed by atoms with E-state index in [1.165, 1.54) is 0 Å². The molecule has 0 aliphatic carbocycles. The summed E-state index contributed by atoms with van der Waals surface area (Å²) < 4.78 is 1.97. The van der Waals surface area contributed by atoms with Gasteiger partial charge in [0.05, 0.1) is 0 Å². The number of carbonyl (C=O) groups is 1. The van der Waals surface area contributed by atoms with Gasteiger partial charge in [0.25, 0.3) is 0 Å². The van der Waals surface area contributed by atoms with Crippen LogP contribution >= 0.6 is 22.6 Å². The second-order valence-corrected chi connectivity index (χ2v) is 3.93. The topological polar surface area (TPSA) is 40.1 Å². The van der Waals surface area contributed by atoms with Crippen LogP contribution in [0.4, 0.5) is 0 Å². The Hall–Kier alpha value is 1.75. The van der Waals surface area contributed by atoms with Crippen LogP contribution in [0.25, 0.3) is 0 Å². The fourth-order valence-corrected chi connectivity index (χ4v) is 1.91. The first-order valence-electron chi connectivity index (χ1n) is 4.03. The number of hydrogen-bond acceptors (Lipinski definition) is 2. The van der Waals surface area contributed by atoms with Crippen molar-refractivity contribution in [2.75, 3.05) is 0 Å². The summed E-state index contributed by atoms with van der Waals surface area (Å²) in [7, 11) is 0. The van der Waals surface area contributed by atoms with Gasteiger partial charge in [-0.25, -0.2) is 0 Å². The molecule has 0 spiro atoms. The van der Waals surface area contributed by atoms with Gasteiger partial charge >= 0.3 is 58.2 Å².